The van der Waals surface area contributed by atoms with Crippen LogP contribution in [0.25, 0.3) is 0 Å². The van der Waals surface area contributed by atoms with Crippen molar-refractivity contribution in [2.24, 2.45) is 0 Å². The highest BCUT2D eigenvalue weighted by molar-refractivity contribution is 5.54. The minimum atomic E-state index is 0.0621. The van der Waals surface area contributed by atoms with E-state index in [4.69, 9.17) is 15.2 Å². The molecular formula is C15H25N3O2. The van der Waals surface area contributed by atoms with E-state index in [1.54, 1.807) is 0 Å². The van der Waals surface area contributed by atoms with Gasteiger partial charge >= 0.3 is 0 Å². The van der Waals surface area contributed by atoms with Crippen molar-refractivity contribution < 1.29 is 9.47 Å². The number of anilines is 2. The molecule has 20 heavy (non-hydrogen) atoms. The number of nitrogen functional groups attached to an aromatic ring is 1. The number of nitrogens with zero attached hydrogens (tertiary/aromatic N) is 2. The fourth-order valence-corrected chi connectivity index (χ4v) is 2.32. The topological polar surface area (TPSA) is 60.6 Å². The first kappa shape index (κ1) is 14.9. The van der Waals surface area contributed by atoms with Crippen LogP contribution in [0.4, 0.5) is 11.5 Å². The van der Waals surface area contributed by atoms with Gasteiger partial charge in [-0.15, -0.1) is 0 Å². The van der Waals surface area contributed by atoms with E-state index in [1.165, 1.54) is 12.8 Å². The summed E-state index contributed by atoms with van der Waals surface area (Å²) < 4.78 is 11.4. The molecule has 0 aliphatic carbocycles. The van der Waals surface area contributed by atoms with Gasteiger partial charge in [0.2, 0.25) is 5.88 Å². The van der Waals surface area contributed by atoms with Gasteiger partial charge in [0, 0.05) is 20.2 Å². The van der Waals surface area contributed by atoms with Gasteiger partial charge in [0.25, 0.3) is 0 Å². The molecule has 0 saturated carbocycles. The van der Waals surface area contributed by atoms with Gasteiger partial charge in [-0.2, -0.15) is 4.98 Å². The molecule has 112 valence electrons. The highest BCUT2D eigenvalue weighted by Gasteiger charge is 2.17. The van der Waals surface area contributed by atoms with Crippen LogP contribution in [-0.2, 0) is 4.74 Å². The maximum absolute atomic E-state index is 5.89. The van der Waals surface area contributed by atoms with Gasteiger partial charge in [0.15, 0.2) is 0 Å². The highest BCUT2D eigenvalue weighted by atomic mass is 16.5. The van der Waals surface area contributed by atoms with Crippen LogP contribution < -0.4 is 15.4 Å². The highest BCUT2D eigenvalue weighted by Crippen LogP contribution is 2.24. The van der Waals surface area contributed by atoms with Gasteiger partial charge < -0.3 is 20.1 Å². The van der Waals surface area contributed by atoms with Crippen LogP contribution in [0.3, 0.4) is 0 Å². The van der Waals surface area contributed by atoms with Crippen molar-refractivity contribution in [3.05, 3.63) is 12.1 Å². The largest absolute Gasteiger partial charge is 0.473 e. The molecule has 2 heterocycles. The zero-order valence-electron chi connectivity index (χ0n) is 12.6. The first-order valence-electron chi connectivity index (χ1n) is 7.32. The summed E-state index contributed by atoms with van der Waals surface area (Å²) in [4.78, 5) is 6.60. The van der Waals surface area contributed by atoms with Gasteiger partial charge in [-0.25, -0.2) is 0 Å². The third-order valence-electron chi connectivity index (χ3n) is 3.36. The Kier molecular flexibility index (Phi) is 5.06. The monoisotopic (exact) mass is 279 g/mol. The van der Waals surface area contributed by atoms with E-state index in [1.807, 2.05) is 33.0 Å². The van der Waals surface area contributed by atoms with Crippen LogP contribution in [0.1, 0.15) is 33.1 Å². The van der Waals surface area contributed by atoms with Crippen LogP contribution in [-0.4, -0.2) is 37.4 Å². The van der Waals surface area contributed by atoms with E-state index < -0.39 is 0 Å². The van der Waals surface area contributed by atoms with Gasteiger partial charge in [0.1, 0.15) is 5.82 Å². The Bertz CT molecular complexity index is 431. The van der Waals surface area contributed by atoms with Crippen molar-refractivity contribution in [1.29, 1.82) is 0 Å². The van der Waals surface area contributed by atoms with E-state index in [0.717, 1.165) is 25.4 Å². The number of hydrogen-bond acceptors (Lipinski definition) is 5. The summed E-state index contributed by atoms with van der Waals surface area (Å²) in [6, 6.07) is 3.77. The lowest BCUT2D eigenvalue weighted by molar-refractivity contribution is 0.0215. The van der Waals surface area contributed by atoms with Gasteiger partial charge in [-0.3, -0.25) is 0 Å². The number of aromatic nitrogens is 1. The normalized spacial score (nSPS) is 19.1. The molecule has 1 fully saturated rings. The third kappa shape index (κ3) is 4.00. The zero-order valence-corrected chi connectivity index (χ0v) is 12.6. The van der Waals surface area contributed by atoms with E-state index >= 15 is 0 Å². The van der Waals surface area contributed by atoms with E-state index in [9.17, 15) is 0 Å². The van der Waals surface area contributed by atoms with Crippen molar-refractivity contribution in [3.63, 3.8) is 0 Å². The quantitative estimate of drug-likeness (QED) is 0.897. The summed E-state index contributed by atoms with van der Waals surface area (Å²) in [5, 5.41) is 0. The average molecular weight is 279 g/mol. The summed E-state index contributed by atoms with van der Waals surface area (Å²) in [5.74, 6) is 1.37. The summed E-state index contributed by atoms with van der Waals surface area (Å²) in [6.07, 6.45) is 3.89. The summed E-state index contributed by atoms with van der Waals surface area (Å²) in [5.41, 5.74) is 6.47. The van der Waals surface area contributed by atoms with Crippen molar-refractivity contribution in [2.45, 2.75) is 45.3 Å². The summed E-state index contributed by atoms with van der Waals surface area (Å²) >= 11 is 0. The first-order chi connectivity index (χ1) is 9.56. The molecule has 2 rings (SSSR count). The standard InChI is InChI=1S/C15H25N3O2/c1-11(2)20-15-13(16)7-8-14(17-15)18(3)10-12-6-4-5-9-19-12/h7-8,11-12H,4-6,9-10,16H2,1-3H3. The van der Waals surface area contributed by atoms with Crippen molar-refractivity contribution in [1.82, 2.24) is 4.98 Å². The Morgan fingerprint density at radius 3 is 2.90 bits per heavy atom. The predicted molar refractivity (Wildman–Crippen MR) is 81.3 cm³/mol. The molecule has 0 spiro atoms. The summed E-state index contributed by atoms with van der Waals surface area (Å²) in [6.45, 7) is 5.65. The van der Waals surface area contributed by atoms with Crippen LogP contribution in [0, 0.1) is 0 Å². The number of likely N-dealkylation sites (N-methyl/N-ethyl adjacent to an activating group) is 1. The lowest BCUT2D eigenvalue weighted by Gasteiger charge is -2.28. The molecule has 1 aromatic rings. The van der Waals surface area contributed by atoms with Crippen molar-refractivity contribution >= 4 is 11.5 Å². The second kappa shape index (κ2) is 6.79. The van der Waals surface area contributed by atoms with Gasteiger partial charge in [-0.1, -0.05) is 0 Å². The Balaban J connectivity index is 2.03. The van der Waals surface area contributed by atoms with Crippen LogP contribution in [0.2, 0.25) is 0 Å². The SMILES string of the molecule is CC(C)Oc1nc(N(C)CC2CCCCO2)ccc1N. The smallest absolute Gasteiger partial charge is 0.239 e. The molecule has 1 atom stereocenters. The fraction of sp³-hybridized carbons (Fsp3) is 0.667. The molecule has 0 bridgehead atoms. The molecule has 0 aromatic carbocycles. The molecular weight excluding hydrogens is 254 g/mol. The van der Waals surface area contributed by atoms with Crippen LogP contribution >= 0.6 is 0 Å². The lowest BCUT2D eigenvalue weighted by Crippen LogP contribution is -2.33. The Hall–Kier alpha value is -1.49. The minimum absolute atomic E-state index is 0.0621. The second-order valence-electron chi connectivity index (χ2n) is 5.60. The number of nitrogens with two attached hydrogens (primary N) is 1. The molecule has 5 heteroatoms. The molecule has 5 nitrogen and oxygen atoms in total. The molecule has 1 aromatic heterocycles. The Labute approximate surface area is 121 Å². The Morgan fingerprint density at radius 1 is 1.45 bits per heavy atom. The molecule has 0 radical (unpaired) electrons. The maximum atomic E-state index is 5.89. The molecule has 1 aliphatic heterocycles. The number of hydrogen-bond donors (Lipinski definition) is 1. The zero-order chi connectivity index (χ0) is 14.5. The predicted octanol–water partition coefficient (Wildman–Crippen LogP) is 2.46. The number of rotatable bonds is 5. The fourth-order valence-electron chi connectivity index (χ4n) is 2.32. The Morgan fingerprint density at radius 2 is 2.25 bits per heavy atom. The second-order valence-corrected chi connectivity index (χ2v) is 5.60. The molecule has 0 amide bonds. The minimum Gasteiger partial charge on any atom is -0.473 e. The van der Waals surface area contributed by atoms with Crippen molar-refractivity contribution in [2.75, 3.05) is 30.8 Å². The van der Waals surface area contributed by atoms with E-state index in [2.05, 4.69) is 9.88 Å². The lowest BCUT2D eigenvalue weighted by atomic mass is 10.1. The van der Waals surface area contributed by atoms with Gasteiger partial charge in [-0.05, 0) is 45.2 Å². The number of pyridine rings is 1. The van der Waals surface area contributed by atoms with E-state index in [-0.39, 0.29) is 6.10 Å². The number of ether oxygens (including phenoxy) is 2. The maximum Gasteiger partial charge on any atom is 0.239 e. The molecule has 1 unspecified atom stereocenters. The van der Waals surface area contributed by atoms with Crippen molar-refractivity contribution in [3.8, 4) is 5.88 Å². The molecule has 1 aliphatic rings. The van der Waals surface area contributed by atoms with Crippen LogP contribution in [0.15, 0.2) is 12.1 Å². The first-order valence-corrected chi connectivity index (χ1v) is 7.32. The van der Waals surface area contributed by atoms with E-state index in [0.29, 0.717) is 17.7 Å². The summed E-state index contributed by atoms with van der Waals surface area (Å²) in [7, 11) is 2.02. The average Bonchev–Trinajstić information content (AvgIpc) is 2.42. The molecule has 2 N–H and O–H groups in total. The molecule has 1 saturated heterocycles. The third-order valence-corrected chi connectivity index (χ3v) is 3.36. The van der Waals surface area contributed by atoms with Crippen LogP contribution in [0.5, 0.6) is 5.88 Å². The van der Waals surface area contributed by atoms with Gasteiger partial charge in [0.05, 0.1) is 17.9 Å².